The number of aromatic nitrogens is 2. The Hall–Kier alpha value is -4.36. The summed E-state index contributed by atoms with van der Waals surface area (Å²) in [7, 11) is 1.94. The molecule has 3 aromatic carbocycles. The molecule has 36 heavy (non-hydrogen) atoms. The number of thiazole rings is 1. The van der Waals surface area contributed by atoms with Crippen molar-refractivity contribution in [3.63, 3.8) is 0 Å². The van der Waals surface area contributed by atoms with Gasteiger partial charge in [0.15, 0.2) is 5.75 Å². The molecule has 2 heterocycles. The van der Waals surface area contributed by atoms with Crippen molar-refractivity contribution in [1.29, 1.82) is 0 Å². The fourth-order valence-corrected chi connectivity index (χ4v) is 4.87. The van der Waals surface area contributed by atoms with Gasteiger partial charge >= 0.3 is 0 Å². The third-order valence-electron chi connectivity index (χ3n) is 5.80. The van der Waals surface area contributed by atoms with Gasteiger partial charge in [0.05, 0.1) is 20.4 Å². The molecular formula is C29H24N2O4S. The first kappa shape index (κ1) is 23.4. The minimum atomic E-state index is -0.142. The number of H-pyrrole nitrogens is 1. The van der Waals surface area contributed by atoms with E-state index in [0.29, 0.717) is 26.1 Å². The fraction of sp³-hybridized carbons (Fsp3) is 0.103. The zero-order valence-corrected chi connectivity index (χ0v) is 20.5. The summed E-state index contributed by atoms with van der Waals surface area (Å²) >= 11 is 1.32. The van der Waals surface area contributed by atoms with Crippen LogP contribution in [-0.2, 0) is 7.05 Å². The van der Waals surface area contributed by atoms with Gasteiger partial charge in [-0.2, -0.15) is 0 Å². The predicted octanol–water partition coefficient (Wildman–Crippen LogP) is 3.65. The Balaban J connectivity index is 1.34. The molecule has 0 saturated heterocycles. The third-order valence-corrected chi connectivity index (χ3v) is 6.67. The van der Waals surface area contributed by atoms with Gasteiger partial charge in [-0.25, -0.2) is 0 Å². The number of rotatable bonds is 7. The number of aryl methyl sites for hydroxylation is 1. The van der Waals surface area contributed by atoms with E-state index in [1.54, 1.807) is 0 Å². The van der Waals surface area contributed by atoms with Crippen LogP contribution in [0.2, 0.25) is 0 Å². The maximum absolute atomic E-state index is 13.3. The van der Waals surface area contributed by atoms with Crippen molar-refractivity contribution < 1.29 is 9.47 Å². The number of hydrogen-bond donors (Lipinski definition) is 1. The Morgan fingerprint density at radius 1 is 0.917 bits per heavy atom. The summed E-state index contributed by atoms with van der Waals surface area (Å²) in [6.07, 6.45) is 1.81. The van der Waals surface area contributed by atoms with Crippen LogP contribution in [0, 0.1) is 0 Å². The molecule has 0 spiro atoms. The largest absolute Gasteiger partial charge is 0.490 e. The monoisotopic (exact) mass is 496 g/mol. The maximum atomic E-state index is 13.3. The van der Waals surface area contributed by atoms with Gasteiger partial charge in [0.25, 0.3) is 5.56 Å². The lowest BCUT2D eigenvalue weighted by atomic mass is 10.1. The molecule has 0 aliphatic heterocycles. The molecule has 0 unspecified atom stereocenters. The van der Waals surface area contributed by atoms with Crippen LogP contribution in [0.5, 0.6) is 11.5 Å². The van der Waals surface area contributed by atoms with Crippen molar-refractivity contribution >= 4 is 34.9 Å². The molecule has 0 aliphatic carbocycles. The Morgan fingerprint density at radius 3 is 2.33 bits per heavy atom. The number of ether oxygens (including phenoxy) is 2. The van der Waals surface area contributed by atoms with Crippen LogP contribution in [0.3, 0.4) is 0 Å². The van der Waals surface area contributed by atoms with Gasteiger partial charge in [0, 0.05) is 18.0 Å². The molecular weight excluding hydrogens is 472 g/mol. The van der Waals surface area contributed by atoms with Crippen LogP contribution < -0.4 is 29.7 Å². The first-order valence-electron chi connectivity index (χ1n) is 11.4. The summed E-state index contributed by atoms with van der Waals surface area (Å²) in [6.45, 7) is 4.23. The molecule has 0 bridgehead atoms. The Bertz CT molecular complexity index is 1750. The Kier molecular flexibility index (Phi) is 6.56. The van der Waals surface area contributed by atoms with Crippen LogP contribution in [0.25, 0.3) is 34.8 Å². The fourth-order valence-electron chi connectivity index (χ4n) is 4.12. The van der Waals surface area contributed by atoms with Crippen molar-refractivity contribution in [3.8, 4) is 22.8 Å². The van der Waals surface area contributed by atoms with Crippen LogP contribution in [0.15, 0.2) is 88.5 Å². The molecule has 0 fully saturated rings. The van der Waals surface area contributed by atoms with E-state index in [0.717, 1.165) is 22.3 Å². The molecule has 0 aliphatic rings. The van der Waals surface area contributed by atoms with E-state index in [1.165, 1.54) is 11.3 Å². The van der Waals surface area contributed by atoms with Gasteiger partial charge < -0.3 is 19.0 Å². The van der Waals surface area contributed by atoms with Gasteiger partial charge in [0.2, 0.25) is 5.43 Å². The van der Waals surface area contributed by atoms with Crippen molar-refractivity contribution in [1.82, 2.24) is 9.55 Å². The molecule has 180 valence electrons. The standard InChI is InChI=1S/C29H24N2O4S/c1-19-30-29(33)25(36-19)18-20-12-14-22(15-13-20)34-16-17-35-28-26(21-8-4-3-5-9-21)31(2)24-11-7-6-10-23(24)27(28)32/h3-15,18H,1,16-17H2,2H3,(H,30,33)/b25-18+. The number of benzene rings is 3. The topological polar surface area (TPSA) is 73.3 Å². The summed E-state index contributed by atoms with van der Waals surface area (Å²) in [5.74, 6) is 0.977. The highest BCUT2D eigenvalue weighted by Gasteiger charge is 2.18. The number of para-hydroxylation sites is 1. The smallest absolute Gasteiger partial charge is 0.266 e. The van der Waals surface area contributed by atoms with Crippen molar-refractivity contribution in [2.75, 3.05) is 13.2 Å². The normalized spacial score (nSPS) is 11.6. The SMILES string of the molecule is C=c1[nH]c(=O)/c(=C\c2ccc(OCCOc3c(-c4ccccc4)n(C)c4ccccc4c3=O)cc2)s1. The van der Waals surface area contributed by atoms with Crippen LogP contribution in [0.1, 0.15) is 5.56 Å². The van der Waals surface area contributed by atoms with Crippen LogP contribution in [-0.4, -0.2) is 22.8 Å². The lowest BCUT2D eigenvalue weighted by Gasteiger charge is -2.18. The average molecular weight is 497 g/mol. The summed E-state index contributed by atoms with van der Waals surface area (Å²) in [5, 5.41) is 0.609. The highest BCUT2D eigenvalue weighted by molar-refractivity contribution is 7.07. The lowest BCUT2D eigenvalue weighted by molar-refractivity contribution is 0.216. The predicted molar refractivity (Wildman–Crippen MR) is 145 cm³/mol. The van der Waals surface area contributed by atoms with Crippen LogP contribution >= 0.6 is 11.3 Å². The van der Waals surface area contributed by atoms with E-state index in [4.69, 9.17) is 9.47 Å². The molecule has 1 N–H and O–H groups in total. The van der Waals surface area contributed by atoms with E-state index in [9.17, 15) is 9.59 Å². The molecule has 5 aromatic rings. The summed E-state index contributed by atoms with van der Waals surface area (Å²) in [5.41, 5.74) is 3.08. The molecule has 0 amide bonds. The molecule has 5 rings (SSSR count). The van der Waals surface area contributed by atoms with Gasteiger partial charge in [-0.3, -0.25) is 9.59 Å². The first-order valence-corrected chi connectivity index (χ1v) is 12.3. The second-order valence-electron chi connectivity index (χ2n) is 8.20. The van der Waals surface area contributed by atoms with E-state index < -0.39 is 0 Å². The number of nitrogens with zero attached hydrogens (tertiary/aromatic N) is 1. The zero-order chi connectivity index (χ0) is 25.1. The zero-order valence-electron chi connectivity index (χ0n) is 19.7. The van der Waals surface area contributed by atoms with Gasteiger partial charge in [-0.15, -0.1) is 11.3 Å². The first-order chi connectivity index (χ1) is 17.5. The van der Waals surface area contributed by atoms with E-state index >= 15 is 0 Å². The highest BCUT2D eigenvalue weighted by atomic mass is 32.1. The van der Waals surface area contributed by atoms with Gasteiger partial charge in [0.1, 0.15) is 19.0 Å². The molecule has 6 nitrogen and oxygen atoms in total. The Morgan fingerprint density at radius 2 is 1.61 bits per heavy atom. The minimum absolute atomic E-state index is 0.141. The molecule has 7 heteroatoms. The molecule has 0 atom stereocenters. The number of aromatic amines is 1. The Labute approximate surface area is 211 Å². The van der Waals surface area contributed by atoms with E-state index in [2.05, 4.69) is 11.6 Å². The number of nitrogens with one attached hydrogen (secondary N) is 1. The lowest BCUT2D eigenvalue weighted by Crippen LogP contribution is -2.19. The minimum Gasteiger partial charge on any atom is -0.490 e. The van der Waals surface area contributed by atoms with Gasteiger partial charge in [-0.1, -0.05) is 61.2 Å². The summed E-state index contributed by atoms with van der Waals surface area (Å²) < 4.78 is 15.1. The second-order valence-corrected chi connectivity index (χ2v) is 9.34. The van der Waals surface area contributed by atoms with Crippen molar-refractivity contribution in [3.05, 3.63) is 114 Å². The number of hydrogen-bond acceptors (Lipinski definition) is 5. The quantitative estimate of drug-likeness (QED) is 0.349. The van der Waals surface area contributed by atoms with Crippen LogP contribution in [0.4, 0.5) is 0 Å². The summed E-state index contributed by atoms with van der Waals surface area (Å²) in [4.78, 5) is 27.9. The molecule has 0 radical (unpaired) electrons. The van der Waals surface area contributed by atoms with Crippen molar-refractivity contribution in [2.24, 2.45) is 7.05 Å². The summed E-state index contributed by atoms with van der Waals surface area (Å²) in [6, 6.07) is 24.7. The van der Waals surface area contributed by atoms with Gasteiger partial charge in [-0.05, 0) is 35.9 Å². The molecule has 0 saturated carbocycles. The van der Waals surface area contributed by atoms with Crippen molar-refractivity contribution in [2.45, 2.75) is 0 Å². The van der Waals surface area contributed by atoms with E-state index in [1.807, 2.05) is 96.6 Å². The third kappa shape index (κ3) is 4.74. The average Bonchev–Trinajstić information content (AvgIpc) is 3.22. The molecule has 2 aromatic heterocycles. The number of pyridine rings is 1. The maximum Gasteiger partial charge on any atom is 0.266 e. The number of fused-ring (bicyclic) bond motifs is 1. The van der Waals surface area contributed by atoms with E-state index in [-0.39, 0.29) is 24.2 Å². The second kappa shape index (κ2) is 10.1. The highest BCUT2D eigenvalue weighted by Crippen LogP contribution is 2.30.